The predicted molar refractivity (Wildman–Crippen MR) is 143 cm³/mol. The number of nitrogens with one attached hydrogen (secondary N) is 4. The van der Waals surface area contributed by atoms with Crippen LogP contribution in [0.3, 0.4) is 0 Å². The number of rotatable bonds is 18. The van der Waals surface area contributed by atoms with Crippen LogP contribution in [0, 0.1) is 0 Å². The van der Waals surface area contributed by atoms with Crippen molar-refractivity contribution in [2.24, 2.45) is 5.73 Å². The summed E-state index contributed by atoms with van der Waals surface area (Å²) in [5.74, 6) is -0.916. The molecule has 1 heterocycles. The number of nitrogens with two attached hydrogens (primary N) is 1. The van der Waals surface area contributed by atoms with Crippen LogP contribution in [0.4, 0.5) is 0 Å². The summed E-state index contributed by atoms with van der Waals surface area (Å²) in [4.78, 5) is 57.1. The third-order valence-electron chi connectivity index (χ3n) is 5.05. The van der Waals surface area contributed by atoms with Crippen LogP contribution in [0.5, 0.6) is 0 Å². The Balaban J connectivity index is 2.98. The van der Waals surface area contributed by atoms with E-state index < -0.39 is 47.9 Å². The van der Waals surface area contributed by atoms with E-state index in [0.29, 0.717) is 35.8 Å². The minimum Gasteiger partial charge on any atom is -0.480 e. The molecule has 198 valence electrons. The zero-order valence-corrected chi connectivity index (χ0v) is 22.7. The molecular formula is C21H36N6O5S3. The van der Waals surface area contributed by atoms with E-state index in [-0.39, 0.29) is 12.8 Å². The Morgan fingerprint density at radius 1 is 0.886 bits per heavy atom. The summed E-state index contributed by atoms with van der Waals surface area (Å²) >= 11 is 4.54. The number of thioether (sulfide) groups is 3. The summed E-state index contributed by atoms with van der Waals surface area (Å²) in [6.07, 6.45) is 9.77. The van der Waals surface area contributed by atoms with Gasteiger partial charge in [-0.3, -0.25) is 14.4 Å². The second kappa shape index (κ2) is 17.5. The Hall–Kier alpha value is -1.90. The van der Waals surface area contributed by atoms with Crippen molar-refractivity contribution in [2.45, 2.75) is 49.9 Å². The van der Waals surface area contributed by atoms with Crippen molar-refractivity contribution in [1.29, 1.82) is 0 Å². The predicted octanol–water partition coefficient (Wildman–Crippen LogP) is 0.0778. The molecule has 35 heavy (non-hydrogen) atoms. The first-order valence-corrected chi connectivity index (χ1v) is 15.2. The van der Waals surface area contributed by atoms with Crippen molar-refractivity contribution >= 4 is 59.0 Å². The molecule has 0 radical (unpaired) electrons. The number of carboxylic acids is 1. The number of H-pyrrole nitrogens is 1. The van der Waals surface area contributed by atoms with Gasteiger partial charge in [-0.2, -0.15) is 35.3 Å². The van der Waals surface area contributed by atoms with Gasteiger partial charge in [0, 0.05) is 18.3 Å². The normalized spacial score (nSPS) is 14.4. The molecule has 0 aliphatic rings. The average molecular weight is 549 g/mol. The topological polar surface area (TPSA) is 179 Å². The lowest BCUT2D eigenvalue weighted by atomic mass is 10.1. The molecule has 3 amide bonds. The molecule has 0 spiro atoms. The van der Waals surface area contributed by atoms with Crippen LogP contribution in [-0.2, 0) is 25.6 Å². The maximum atomic E-state index is 13.2. The number of hydrogen-bond donors (Lipinski definition) is 6. The molecule has 0 bridgehead atoms. The number of aliphatic carboxylic acids is 1. The molecule has 0 aliphatic heterocycles. The summed E-state index contributed by atoms with van der Waals surface area (Å²) in [5.41, 5.74) is 6.58. The second-order valence-electron chi connectivity index (χ2n) is 7.75. The Labute approximate surface area is 218 Å². The minimum absolute atomic E-state index is 0.120. The van der Waals surface area contributed by atoms with Crippen molar-refractivity contribution in [3.8, 4) is 0 Å². The number of aromatic nitrogens is 2. The van der Waals surface area contributed by atoms with Crippen molar-refractivity contribution < 1.29 is 24.3 Å². The summed E-state index contributed by atoms with van der Waals surface area (Å²) in [6.45, 7) is 0. The van der Waals surface area contributed by atoms with Crippen LogP contribution in [0.1, 0.15) is 25.0 Å². The zero-order chi connectivity index (χ0) is 26.2. The smallest absolute Gasteiger partial charge is 0.326 e. The molecule has 0 fully saturated rings. The van der Waals surface area contributed by atoms with Crippen molar-refractivity contribution in [3.63, 3.8) is 0 Å². The van der Waals surface area contributed by atoms with Crippen molar-refractivity contribution in [2.75, 3.05) is 36.0 Å². The lowest BCUT2D eigenvalue weighted by molar-refractivity contribution is -0.142. The first-order valence-electron chi connectivity index (χ1n) is 11.1. The Kier molecular flexibility index (Phi) is 15.6. The molecule has 0 aromatic carbocycles. The highest BCUT2D eigenvalue weighted by atomic mass is 32.2. The van der Waals surface area contributed by atoms with Crippen LogP contribution in [0.2, 0.25) is 0 Å². The fraction of sp³-hybridized carbons (Fsp3) is 0.667. The minimum atomic E-state index is -1.13. The van der Waals surface area contributed by atoms with Gasteiger partial charge in [0.15, 0.2) is 0 Å². The van der Waals surface area contributed by atoms with Crippen LogP contribution in [0.15, 0.2) is 12.5 Å². The summed E-state index contributed by atoms with van der Waals surface area (Å²) in [7, 11) is 0. The van der Waals surface area contributed by atoms with Gasteiger partial charge < -0.3 is 31.8 Å². The number of carboxylic acid groups (broad SMARTS) is 1. The van der Waals surface area contributed by atoms with Gasteiger partial charge in [0.1, 0.15) is 18.1 Å². The average Bonchev–Trinajstić information content (AvgIpc) is 3.34. The molecule has 4 unspecified atom stereocenters. The van der Waals surface area contributed by atoms with Crippen LogP contribution < -0.4 is 21.7 Å². The third-order valence-corrected chi connectivity index (χ3v) is 6.98. The fourth-order valence-electron chi connectivity index (χ4n) is 3.02. The summed E-state index contributed by atoms with van der Waals surface area (Å²) in [5, 5.41) is 17.4. The number of aromatic amines is 1. The molecule has 1 rings (SSSR count). The zero-order valence-electron chi connectivity index (χ0n) is 20.2. The molecule has 0 saturated carbocycles. The molecule has 7 N–H and O–H groups in total. The first kappa shape index (κ1) is 31.1. The van der Waals surface area contributed by atoms with E-state index in [4.69, 9.17) is 5.73 Å². The van der Waals surface area contributed by atoms with E-state index in [9.17, 15) is 24.3 Å². The highest BCUT2D eigenvalue weighted by molar-refractivity contribution is 7.98. The number of amides is 3. The lowest BCUT2D eigenvalue weighted by Gasteiger charge is -2.25. The van der Waals surface area contributed by atoms with Gasteiger partial charge in [0.25, 0.3) is 0 Å². The summed E-state index contributed by atoms with van der Waals surface area (Å²) in [6, 6.07) is -3.79. The van der Waals surface area contributed by atoms with Crippen LogP contribution in [0.25, 0.3) is 0 Å². The maximum Gasteiger partial charge on any atom is 0.326 e. The molecule has 4 atom stereocenters. The van der Waals surface area contributed by atoms with Gasteiger partial charge in [-0.15, -0.1) is 0 Å². The molecular weight excluding hydrogens is 512 g/mol. The molecule has 0 aliphatic carbocycles. The van der Waals surface area contributed by atoms with Gasteiger partial charge >= 0.3 is 5.97 Å². The maximum absolute atomic E-state index is 13.2. The van der Waals surface area contributed by atoms with E-state index in [0.717, 1.165) is 0 Å². The van der Waals surface area contributed by atoms with Gasteiger partial charge in [0.05, 0.1) is 12.4 Å². The lowest BCUT2D eigenvalue weighted by Crippen LogP contribution is -2.57. The third kappa shape index (κ3) is 12.1. The van der Waals surface area contributed by atoms with Crippen LogP contribution >= 0.6 is 35.3 Å². The largest absolute Gasteiger partial charge is 0.480 e. The molecule has 1 aromatic heterocycles. The van der Waals surface area contributed by atoms with E-state index in [1.165, 1.54) is 29.9 Å². The fourth-order valence-corrected chi connectivity index (χ4v) is 4.45. The van der Waals surface area contributed by atoms with E-state index in [1.807, 2.05) is 18.8 Å². The molecule has 0 saturated heterocycles. The first-order chi connectivity index (χ1) is 16.7. The summed E-state index contributed by atoms with van der Waals surface area (Å²) < 4.78 is 0. The second-order valence-corrected chi connectivity index (χ2v) is 10.7. The van der Waals surface area contributed by atoms with E-state index in [2.05, 4.69) is 25.9 Å². The molecule has 1 aromatic rings. The number of carbonyl (C=O) groups is 4. The van der Waals surface area contributed by atoms with Gasteiger partial charge in [-0.25, -0.2) is 9.78 Å². The van der Waals surface area contributed by atoms with Crippen molar-refractivity contribution in [3.05, 3.63) is 18.2 Å². The van der Waals surface area contributed by atoms with Gasteiger partial charge in [-0.1, -0.05) is 0 Å². The highest BCUT2D eigenvalue weighted by Crippen LogP contribution is 2.07. The van der Waals surface area contributed by atoms with Crippen molar-refractivity contribution in [1.82, 2.24) is 25.9 Å². The highest BCUT2D eigenvalue weighted by Gasteiger charge is 2.30. The number of hydrogen-bond acceptors (Lipinski definition) is 9. The number of carbonyl (C=O) groups excluding carboxylic acids is 3. The molecule has 14 heteroatoms. The van der Waals surface area contributed by atoms with Gasteiger partial charge in [0.2, 0.25) is 17.7 Å². The molecule has 11 nitrogen and oxygen atoms in total. The number of imidazole rings is 1. The standard InChI is InChI=1S/C21H36N6O5S3/c1-33-7-4-14(22)18(28)27-17(10-13-11-23-12-24-13)20(30)25-15(5-8-34-2)19(29)26-16(21(31)32)6-9-35-3/h11-12,14-17H,4-10,22H2,1-3H3,(H,23,24)(H,25,30)(H,26,29)(H,27,28)(H,31,32). The monoisotopic (exact) mass is 548 g/mol. The van der Waals surface area contributed by atoms with Gasteiger partial charge in [-0.05, 0) is 55.3 Å². The SMILES string of the molecule is CSCCC(N)C(=O)NC(Cc1cnc[nH]1)C(=O)NC(CCSC)C(=O)NC(CCSC)C(=O)O. The quantitative estimate of drug-likeness (QED) is 0.147. The number of nitrogens with zero attached hydrogens (tertiary/aromatic N) is 1. The Morgan fingerprint density at radius 3 is 1.94 bits per heavy atom. The van der Waals surface area contributed by atoms with Crippen LogP contribution in [-0.4, -0.2) is 99.0 Å². The van der Waals surface area contributed by atoms with E-state index >= 15 is 0 Å². The Bertz CT molecular complexity index is 798. The van der Waals surface area contributed by atoms with E-state index in [1.54, 1.807) is 18.0 Å². The Morgan fingerprint density at radius 2 is 1.40 bits per heavy atom.